The third kappa shape index (κ3) is 4.48. The molecule has 138 valence electrons. The van der Waals surface area contributed by atoms with E-state index < -0.39 is 0 Å². The van der Waals surface area contributed by atoms with Crippen LogP contribution in [0.3, 0.4) is 0 Å². The van der Waals surface area contributed by atoms with E-state index in [4.69, 9.17) is 9.47 Å². The molecule has 3 rings (SSSR count). The summed E-state index contributed by atoms with van der Waals surface area (Å²) >= 11 is 0. The molecule has 1 N–H and O–H groups in total. The van der Waals surface area contributed by atoms with Crippen LogP contribution in [0.1, 0.15) is 19.4 Å². The van der Waals surface area contributed by atoms with E-state index >= 15 is 0 Å². The number of benzene rings is 2. The number of amides is 1. The maximum Gasteiger partial charge on any atom is 0.239 e. The van der Waals surface area contributed by atoms with Crippen molar-refractivity contribution in [3.8, 4) is 11.5 Å². The van der Waals surface area contributed by atoms with Gasteiger partial charge in [0.15, 0.2) is 11.5 Å². The summed E-state index contributed by atoms with van der Waals surface area (Å²) in [7, 11) is 0. The number of rotatable bonds is 6. The third-order valence-corrected chi connectivity index (χ3v) is 4.40. The van der Waals surface area contributed by atoms with E-state index in [0.717, 1.165) is 17.2 Å². The first-order valence-corrected chi connectivity index (χ1v) is 9.01. The highest BCUT2D eigenvalue weighted by molar-refractivity contribution is 5.81. The van der Waals surface area contributed by atoms with Gasteiger partial charge in [-0.05, 0) is 45.0 Å². The van der Waals surface area contributed by atoms with Crippen molar-refractivity contribution in [2.75, 3.05) is 24.6 Å². The van der Waals surface area contributed by atoms with Gasteiger partial charge in [0.05, 0.1) is 13.1 Å². The molecule has 0 saturated heterocycles. The van der Waals surface area contributed by atoms with Crippen LogP contribution in [0.2, 0.25) is 0 Å². The molecule has 1 heterocycles. The molecule has 0 aliphatic carbocycles. The summed E-state index contributed by atoms with van der Waals surface area (Å²) < 4.78 is 11.6. The number of nitrogens with one attached hydrogen (secondary N) is 1. The molecule has 1 unspecified atom stereocenters. The van der Waals surface area contributed by atoms with E-state index in [9.17, 15) is 4.79 Å². The standard InChI is InChI=1S/C21H26N2O3/c1-15(2)23(17-10-8-16(3)9-11-17)13-21(24)22-12-18-14-25-19-6-4-5-7-20(19)26-18/h4-11,15,18H,12-14H2,1-3H3,(H,22,24). The topological polar surface area (TPSA) is 50.8 Å². The van der Waals surface area contributed by atoms with Gasteiger partial charge in [0.2, 0.25) is 5.91 Å². The number of carbonyl (C=O) groups excluding carboxylic acids is 1. The highest BCUT2D eigenvalue weighted by Crippen LogP contribution is 2.30. The van der Waals surface area contributed by atoms with Crippen LogP contribution in [0.5, 0.6) is 11.5 Å². The number of hydrogen-bond donors (Lipinski definition) is 1. The molecule has 0 fully saturated rings. The van der Waals surface area contributed by atoms with E-state index in [0.29, 0.717) is 19.7 Å². The molecule has 1 aliphatic rings. The van der Waals surface area contributed by atoms with Crippen molar-refractivity contribution < 1.29 is 14.3 Å². The molecule has 2 aromatic carbocycles. The highest BCUT2D eigenvalue weighted by atomic mass is 16.6. The van der Waals surface area contributed by atoms with Gasteiger partial charge in [0.25, 0.3) is 0 Å². The average molecular weight is 354 g/mol. The van der Waals surface area contributed by atoms with Gasteiger partial charge in [0.1, 0.15) is 12.7 Å². The van der Waals surface area contributed by atoms with Gasteiger partial charge in [-0.3, -0.25) is 4.79 Å². The lowest BCUT2D eigenvalue weighted by molar-refractivity contribution is -0.120. The van der Waals surface area contributed by atoms with Crippen molar-refractivity contribution in [1.29, 1.82) is 0 Å². The van der Waals surface area contributed by atoms with Gasteiger partial charge < -0.3 is 19.7 Å². The Balaban J connectivity index is 1.54. The maximum absolute atomic E-state index is 12.4. The molecule has 5 heteroatoms. The van der Waals surface area contributed by atoms with Gasteiger partial charge >= 0.3 is 0 Å². The van der Waals surface area contributed by atoms with E-state index in [-0.39, 0.29) is 18.1 Å². The summed E-state index contributed by atoms with van der Waals surface area (Å²) in [5, 5.41) is 2.96. The summed E-state index contributed by atoms with van der Waals surface area (Å²) in [5.74, 6) is 1.45. The minimum absolute atomic E-state index is 0.0262. The molecular formula is C21H26N2O3. The average Bonchev–Trinajstić information content (AvgIpc) is 2.65. The van der Waals surface area contributed by atoms with Gasteiger partial charge in [-0.25, -0.2) is 0 Å². The Labute approximate surface area is 154 Å². The van der Waals surface area contributed by atoms with Crippen LogP contribution in [-0.2, 0) is 4.79 Å². The minimum Gasteiger partial charge on any atom is -0.486 e. The summed E-state index contributed by atoms with van der Waals surface area (Å²) in [4.78, 5) is 14.5. The molecule has 26 heavy (non-hydrogen) atoms. The number of para-hydroxylation sites is 2. The van der Waals surface area contributed by atoms with Crippen LogP contribution in [0.15, 0.2) is 48.5 Å². The monoisotopic (exact) mass is 354 g/mol. The zero-order valence-electron chi connectivity index (χ0n) is 15.6. The Morgan fingerprint density at radius 2 is 1.85 bits per heavy atom. The fourth-order valence-electron chi connectivity index (χ4n) is 2.91. The molecule has 0 radical (unpaired) electrons. The van der Waals surface area contributed by atoms with Crippen molar-refractivity contribution >= 4 is 11.6 Å². The molecular weight excluding hydrogens is 328 g/mol. The molecule has 1 amide bonds. The maximum atomic E-state index is 12.4. The predicted octanol–water partition coefficient (Wildman–Crippen LogP) is 3.17. The minimum atomic E-state index is -0.180. The number of carbonyl (C=O) groups is 1. The van der Waals surface area contributed by atoms with E-state index in [1.807, 2.05) is 24.3 Å². The smallest absolute Gasteiger partial charge is 0.239 e. The van der Waals surface area contributed by atoms with Crippen molar-refractivity contribution in [3.63, 3.8) is 0 Å². The van der Waals surface area contributed by atoms with Gasteiger partial charge in [-0.15, -0.1) is 0 Å². The summed E-state index contributed by atoms with van der Waals surface area (Å²) in [6.45, 7) is 7.39. The molecule has 0 spiro atoms. The molecule has 1 aliphatic heterocycles. The van der Waals surface area contributed by atoms with Crippen LogP contribution >= 0.6 is 0 Å². The first-order valence-electron chi connectivity index (χ1n) is 9.01. The summed E-state index contributed by atoms with van der Waals surface area (Å²) in [6, 6.07) is 16.0. The van der Waals surface area contributed by atoms with Crippen LogP contribution in [0.25, 0.3) is 0 Å². The second kappa shape index (κ2) is 8.13. The van der Waals surface area contributed by atoms with Crippen LogP contribution in [0.4, 0.5) is 5.69 Å². The Bertz CT molecular complexity index is 743. The molecule has 0 saturated carbocycles. The number of anilines is 1. The highest BCUT2D eigenvalue weighted by Gasteiger charge is 2.22. The van der Waals surface area contributed by atoms with E-state index in [1.54, 1.807) is 0 Å². The van der Waals surface area contributed by atoms with Crippen molar-refractivity contribution in [2.45, 2.75) is 32.9 Å². The van der Waals surface area contributed by atoms with E-state index in [2.05, 4.69) is 55.3 Å². The van der Waals surface area contributed by atoms with Gasteiger partial charge in [-0.2, -0.15) is 0 Å². The number of aryl methyl sites for hydroxylation is 1. The number of nitrogens with zero attached hydrogens (tertiary/aromatic N) is 1. The Hall–Kier alpha value is -2.69. The normalized spacial score (nSPS) is 15.6. The predicted molar refractivity (Wildman–Crippen MR) is 103 cm³/mol. The lowest BCUT2D eigenvalue weighted by atomic mass is 10.2. The quantitative estimate of drug-likeness (QED) is 0.866. The zero-order valence-corrected chi connectivity index (χ0v) is 15.6. The number of hydrogen-bond acceptors (Lipinski definition) is 4. The van der Waals surface area contributed by atoms with Crippen molar-refractivity contribution in [1.82, 2.24) is 5.32 Å². The number of ether oxygens (including phenoxy) is 2. The zero-order chi connectivity index (χ0) is 18.5. The largest absolute Gasteiger partial charge is 0.486 e. The lowest BCUT2D eigenvalue weighted by Gasteiger charge is -2.29. The van der Waals surface area contributed by atoms with E-state index in [1.165, 1.54) is 5.56 Å². The van der Waals surface area contributed by atoms with Crippen LogP contribution in [0, 0.1) is 6.92 Å². The summed E-state index contributed by atoms with van der Waals surface area (Å²) in [6.07, 6.45) is -0.180. The Morgan fingerprint density at radius 3 is 2.54 bits per heavy atom. The Kier molecular flexibility index (Phi) is 5.66. The molecule has 0 bridgehead atoms. The first kappa shape index (κ1) is 18.1. The molecule has 5 nitrogen and oxygen atoms in total. The van der Waals surface area contributed by atoms with Gasteiger partial charge in [-0.1, -0.05) is 29.8 Å². The second-order valence-electron chi connectivity index (χ2n) is 6.86. The SMILES string of the molecule is Cc1ccc(N(CC(=O)NCC2COc3ccccc3O2)C(C)C)cc1. The molecule has 2 aromatic rings. The van der Waals surface area contributed by atoms with Crippen molar-refractivity contribution in [3.05, 3.63) is 54.1 Å². The molecule has 1 atom stereocenters. The molecule has 0 aromatic heterocycles. The van der Waals surface area contributed by atoms with Gasteiger partial charge in [0, 0.05) is 11.7 Å². The van der Waals surface area contributed by atoms with Crippen LogP contribution in [-0.4, -0.2) is 37.7 Å². The lowest BCUT2D eigenvalue weighted by Crippen LogP contribution is -2.45. The van der Waals surface area contributed by atoms with Crippen LogP contribution < -0.4 is 19.7 Å². The number of fused-ring (bicyclic) bond motifs is 1. The third-order valence-electron chi connectivity index (χ3n) is 4.40. The fraction of sp³-hybridized carbons (Fsp3) is 0.381. The summed E-state index contributed by atoms with van der Waals surface area (Å²) in [5.41, 5.74) is 2.25. The Morgan fingerprint density at radius 1 is 1.15 bits per heavy atom. The second-order valence-corrected chi connectivity index (χ2v) is 6.86. The first-order chi connectivity index (χ1) is 12.5. The van der Waals surface area contributed by atoms with Crippen molar-refractivity contribution in [2.24, 2.45) is 0 Å². The fourth-order valence-corrected chi connectivity index (χ4v) is 2.91.